The van der Waals surface area contributed by atoms with E-state index in [1.165, 1.54) is 0 Å². The van der Waals surface area contributed by atoms with Crippen molar-refractivity contribution in [3.8, 4) is 0 Å². The summed E-state index contributed by atoms with van der Waals surface area (Å²) in [7, 11) is 1.56. The quantitative estimate of drug-likeness (QED) is 0.550. The van der Waals surface area contributed by atoms with Gasteiger partial charge in [0.25, 0.3) is 0 Å². The normalized spacial score (nSPS) is 23.2. The van der Waals surface area contributed by atoms with Gasteiger partial charge in [0, 0.05) is 31.5 Å². The molecule has 144 valence electrons. The van der Waals surface area contributed by atoms with E-state index in [0.29, 0.717) is 18.6 Å². The first-order valence-corrected chi connectivity index (χ1v) is 9.02. The van der Waals surface area contributed by atoms with E-state index >= 15 is 0 Å². The van der Waals surface area contributed by atoms with Crippen LogP contribution in [-0.4, -0.2) is 42.9 Å². The van der Waals surface area contributed by atoms with Crippen LogP contribution in [0.5, 0.6) is 0 Å². The SMILES string of the molecule is COCCOC(=O)C1=C(C)CC(C)C(C(=O)OC(C)C)(n2cccc2)C1. The lowest BCUT2D eigenvalue weighted by atomic mass is 9.70. The molecule has 0 aromatic carbocycles. The molecule has 1 aromatic heterocycles. The van der Waals surface area contributed by atoms with Crippen molar-refractivity contribution < 1.29 is 23.8 Å². The number of esters is 2. The first-order chi connectivity index (χ1) is 12.3. The van der Waals surface area contributed by atoms with Crippen LogP contribution in [0.15, 0.2) is 35.7 Å². The number of hydrogen-bond acceptors (Lipinski definition) is 5. The molecular formula is C20H29NO5. The Morgan fingerprint density at radius 1 is 1.27 bits per heavy atom. The summed E-state index contributed by atoms with van der Waals surface area (Å²) in [5, 5.41) is 0. The first kappa shape index (κ1) is 20.2. The lowest BCUT2D eigenvalue weighted by molar-refractivity contribution is -0.162. The zero-order valence-electron chi connectivity index (χ0n) is 16.3. The maximum Gasteiger partial charge on any atom is 0.334 e. The Balaban J connectivity index is 2.39. The first-order valence-electron chi connectivity index (χ1n) is 9.02. The third-order valence-corrected chi connectivity index (χ3v) is 4.92. The minimum absolute atomic E-state index is 0.0170. The van der Waals surface area contributed by atoms with Crippen molar-refractivity contribution >= 4 is 11.9 Å². The second-order valence-electron chi connectivity index (χ2n) is 7.14. The molecule has 1 heterocycles. The van der Waals surface area contributed by atoms with Crippen molar-refractivity contribution in [2.75, 3.05) is 20.3 Å². The van der Waals surface area contributed by atoms with E-state index in [9.17, 15) is 9.59 Å². The summed E-state index contributed by atoms with van der Waals surface area (Å²) in [5.74, 6) is -0.720. The van der Waals surface area contributed by atoms with Gasteiger partial charge in [-0.1, -0.05) is 12.5 Å². The molecule has 0 N–H and O–H groups in total. The molecule has 0 spiro atoms. The van der Waals surface area contributed by atoms with Gasteiger partial charge in [0.05, 0.1) is 12.7 Å². The fourth-order valence-corrected chi connectivity index (χ4v) is 3.54. The summed E-state index contributed by atoms with van der Waals surface area (Å²) >= 11 is 0. The van der Waals surface area contributed by atoms with Gasteiger partial charge in [0.1, 0.15) is 12.1 Å². The zero-order chi connectivity index (χ0) is 19.3. The Kier molecular flexibility index (Phi) is 6.64. The van der Waals surface area contributed by atoms with Crippen LogP contribution in [0, 0.1) is 5.92 Å². The minimum Gasteiger partial charge on any atom is -0.461 e. The van der Waals surface area contributed by atoms with Gasteiger partial charge in [-0.05, 0) is 45.2 Å². The van der Waals surface area contributed by atoms with Crippen molar-refractivity contribution in [2.24, 2.45) is 5.92 Å². The third-order valence-electron chi connectivity index (χ3n) is 4.92. The highest BCUT2D eigenvalue weighted by Crippen LogP contribution is 2.44. The molecule has 2 atom stereocenters. The van der Waals surface area contributed by atoms with Crippen molar-refractivity contribution in [3.63, 3.8) is 0 Å². The maximum absolute atomic E-state index is 13.1. The minimum atomic E-state index is -0.955. The standard InChI is InChI=1S/C20H29NO5/c1-14(2)26-19(23)20(21-8-6-7-9-21)13-17(15(3)12-16(20)4)18(22)25-11-10-24-5/h6-9,14,16H,10-13H2,1-5H3. The highest BCUT2D eigenvalue weighted by atomic mass is 16.6. The Bertz CT molecular complexity index is 662. The van der Waals surface area contributed by atoms with Crippen molar-refractivity contribution in [1.82, 2.24) is 4.57 Å². The van der Waals surface area contributed by atoms with Crippen molar-refractivity contribution in [2.45, 2.75) is 52.2 Å². The number of carbonyl (C=O) groups excluding carboxylic acids is 2. The van der Waals surface area contributed by atoms with Crippen LogP contribution in [0.4, 0.5) is 0 Å². The number of carbonyl (C=O) groups is 2. The Labute approximate surface area is 155 Å². The molecule has 0 bridgehead atoms. The molecule has 2 rings (SSSR count). The fourth-order valence-electron chi connectivity index (χ4n) is 3.54. The van der Waals surface area contributed by atoms with Gasteiger partial charge in [0.15, 0.2) is 0 Å². The number of methoxy groups -OCH3 is 1. The molecule has 2 unspecified atom stereocenters. The summed E-state index contributed by atoms with van der Waals surface area (Å²) in [5.41, 5.74) is 0.553. The predicted molar refractivity (Wildman–Crippen MR) is 97.6 cm³/mol. The molecule has 0 amide bonds. The van der Waals surface area contributed by atoms with Crippen LogP contribution >= 0.6 is 0 Å². The van der Waals surface area contributed by atoms with E-state index in [0.717, 1.165) is 5.57 Å². The number of allylic oxidation sites excluding steroid dienone is 1. The van der Waals surface area contributed by atoms with Crippen molar-refractivity contribution in [3.05, 3.63) is 35.7 Å². The number of rotatable bonds is 7. The summed E-state index contributed by atoms with van der Waals surface area (Å²) in [6, 6.07) is 3.75. The van der Waals surface area contributed by atoms with Crippen molar-refractivity contribution in [1.29, 1.82) is 0 Å². The largest absolute Gasteiger partial charge is 0.461 e. The lowest BCUT2D eigenvalue weighted by Crippen LogP contribution is -2.51. The van der Waals surface area contributed by atoms with E-state index in [1.54, 1.807) is 7.11 Å². The average Bonchev–Trinajstić information content (AvgIpc) is 3.09. The van der Waals surface area contributed by atoms with Crippen LogP contribution < -0.4 is 0 Å². The summed E-state index contributed by atoms with van der Waals surface area (Å²) in [6.45, 7) is 8.14. The molecule has 0 radical (unpaired) electrons. The topological polar surface area (TPSA) is 66.8 Å². The Hall–Kier alpha value is -2.08. The van der Waals surface area contributed by atoms with E-state index in [4.69, 9.17) is 14.2 Å². The second-order valence-corrected chi connectivity index (χ2v) is 7.14. The van der Waals surface area contributed by atoms with Crippen LogP contribution in [-0.2, 0) is 29.3 Å². The molecule has 1 aromatic rings. The molecule has 0 saturated carbocycles. The van der Waals surface area contributed by atoms with E-state index in [1.807, 2.05) is 56.8 Å². The van der Waals surface area contributed by atoms with Gasteiger partial charge in [-0.2, -0.15) is 0 Å². The van der Waals surface area contributed by atoms with Gasteiger partial charge < -0.3 is 18.8 Å². The second kappa shape index (κ2) is 8.54. The maximum atomic E-state index is 13.1. The third kappa shape index (κ3) is 4.01. The number of ether oxygens (including phenoxy) is 3. The Morgan fingerprint density at radius 3 is 2.50 bits per heavy atom. The van der Waals surface area contributed by atoms with Gasteiger partial charge in [-0.15, -0.1) is 0 Å². The Morgan fingerprint density at radius 2 is 1.92 bits per heavy atom. The molecule has 26 heavy (non-hydrogen) atoms. The number of hydrogen-bond donors (Lipinski definition) is 0. The van der Waals surface area contributed by atoms with E-state index < -0.39 is 5.54 Å². The zero-order valence-corrected chi connectivity index (χ0v) is 16.3. The van der Waals surface area contributed by atoms with E-state index in [2.05, 4.69) is 0 Å². The summed E-state index contributed by atoms with van der Waals surface area (Å²) < 4.78 is 17.7. The van der Waals surface area contributed by atoms with Gasteiger partial charge in [-0.3, -0.25) is 0 Å². The van der Waals surface area contributed by atoms with Gasteiger partial charge >= 0.3 is 11.9 Å². The smallest absolute Gasteiger partial charge is 0.334 e. The molecule has 6 nitrogen and oxygen atoms in total. The monoisotopic (exact) mass is 363 g/mol. The van der Waals surface area contributed by atoms with Crippen LogP contribution in [0.1, 0.15) is 40.5 Å². The summed E-state index contributed by atoms with van der Waals surface area (Å²) in [4.78, 5) is 25.7. The molecule has 0 fully saturated rings. The van der Waals surface area contributed by atoms with Gasteiger partial charge in [0.2, 0.25) is 0 Å². The number of nitrogens with zero attached hydrogens (tertiary/aromatic N) is 1. The molecular weight excluding hydrogens is 334 g/mol. The molecule has 1 aliphatic rings. The summed E-state index contributed by atoms with van der Waals surface area (Å²) in [6.07, 6.45) is 4.36. The average molecular weight is 363 g/mol. The molecule has 0 saturated heterocycles. The lowest BCUT2D eigenvalue weighted by Gasteiger charge is -2.42. The molecule has 0 aliphatic heterocycles. The number of aromatic nitrogens is 1. The van der Waals surface area contributed by atoms with Crippen LogP contribution in [0.2, 0.25) is 0 Å². The van der Waals surface area contributed by atoms with Gasteiger partial charge in [-0.25, -0.2) is 9.59 Å². The van der Waals surface area contributed by atoms with Crippen LogP contribution in [0.3, 0.4) is 0 Å². The van der Waals surface area contributed by atoms with Crippen LogP contribution in [0.25, 0.3) is 0 Å². The highest BCUT2D eigenvalue weighted by molar-refractivity contribution is 5.92. The highest BCUT2D eigenvalue weighted by Gasteiger charge is 2.50. The van der Waals surface area contributed by atoms with E-state index in [-0.39, 0.29) is 37.0 Å². The predicted octanol–water partition coefficient (Wildman–Crippen LogP) is 3.07. The molecule has 1 aliphatic carbocycles. The fraction of sp³-hybridized carbons (Fsp3) is 0.600. The molecule has 6 heteroatoms.